The lowest BCUT2D eigenvalue weighted by Gasteiger charge is -2.32. The first-order chi connectivity index (χ1) is 10.1. The molecule has 1 N–H and O–H groups in total. The summed E-state index contributed by atoms with van der Waals surface area (Å²) in [6.45, 7) is 9.56. The molecule has 2 saturated carbocycles. The van der Waals surface area contributed by atoms with E-state index in [-0.39, 0.29) is 5.97 Å². The van der Waals surface area contributed by atoms with E-state index in [9.17, 15) is 4.79 Å². The van der Waals surface area contributed by atoms with E-state index in [1.165, 1.54) is 32.2 Å². The van der Waals surface area contributed by atoms with Crippen molar-refractivity contribution in [3.05, 3.63) is 0 Å². The monoisotopic (exact) mass is 296 g/mol. The predicted molar refractivity (Wildman–Crippen MR) is 85.3 cm³/mol. The highest BCUT2D eigenvalue weighted by atomic mass is 16.5. The summed E-state index contributed by atoms with van der Waals surface area (Å²) in [5.74, 6) is 0.823. The van der Waals surface area contributed by atoms with Gasteiger partial charge >= 0.3 is 5.97 Å². The quantitative estimate of drug-likeness (QED) is 0.595. The van der Waals surface area contributed by atoms with Gasteiger partial charge in [0, 0.05) is 19.1 Å². The van der Waals surface area contributed by atoms with Crippen LogP contribution >= 0.6 is 0 Å². The number of rotatable bonds is 11. The number of carbonyl (C=O) groups is 1. The largest absolute Gasteiger partial charge is 0.465 e. The Labute approximate surface area is 129 Å². The zero-order valence-corrected chi connectivity index (χ0v) is 14.0. The molecule has 4 nitrogen and oxygen atoms in total. The van der Waals surface area contributed by atoms with Gasteiger partial charge in [-0.3, -0.25) is 4.79 Å². The lowest BCUT2D eigenvalue weighted by atomic mass is 9.97. The third kappa shape index (κ3) is 5.26. The van der Waals surface area contributed by atoms with Crippen LogP contribution in [0.1, 0.15) is 59.3 Å². The minimum Gasteiger partial charge on any atom is -0.465 e. The lowest BCUT2D eigenvalue weighted by molar-refractivity contribution is -0.151. The average molecular weight is 296 g/mol. The van der Waals surface area contributed by atoms with E-state index in [0.717, 1.165) is 37.9 Å². The molecule has 0 amide bonds. The Morgan fingerprint density at radius 3 is 2.52 bits per heavy atom. The maximum Gasteiger partial charge on any atom is 0.326 e. The van der Waals surface area contributed by atoms with Crippen molar-refractivity contribution in [2.45, 2.75) is 70.9 Å². The molecule has 2 rings (SSSR count). The van der Waals surface area contributed by atoms with Crippen LogP contribution in [-0.2, 0) is 9.53 Å². The predicted octanol–water partition coefficient (Wildman–Crippen LogP) is 2.57. The molecule has 122 valence electrons. The van der Waals surface area contributed by atoms with Crippen molar-refractivity contribution in [2.24, 2.45) is 5.92 Å². The van der Waals surface area contributed by atoms with Crippen molar-refractivity contribution in [1.29, 1.82) is 0 Å². The number of hydrogen-bond acceptors (Lipinski definition) is 4. The van der Waals surface area contributed by atoms with Gasteiger partial charge in [0.15, 0.2) is 0 Å². The first kappa shape index (κ1) is 16.8. The van der Waals surface area contributed by atoms with Crippen LogP contribution in [0.25, 0.3) is 0 Å². The molecule has 0 spiro atoms. The number of hydrogen-bond donors (Lipinski definition) is 1. The molecule has 0 aromatic rings. The van der Waals surface area contributed by atoms with Crippen molar-refractivity contribution >= 4 is 5.97 Å². The summed E-state index contributed by atoms with van der Waals surface area (Å²) in [5.41, 5.74) is -0.539. The minimum atomic E-state index is -0.539. The average Bonchev–Trinajstić information content (AvgIpc) is 3.34. The Morgan fingerprint density at radius 1 is 1.29 bits per heavy atom. The molecule has 0 bridgehead atoms. The molecule has 0 aliphatic heterocycles. The van der Waals surface area contributed by atoms with E-state index >= 15 is 0 Å². The van der Waals surface area contributed by atoms with Crippen LogP contribution in [0.5, 0.6) is 0 Å². The maximum atomic E-state index is 12.3. The van der Waals surface area contributed by atoms with Crippen LogP contribution in [0.2, 0.25) is 0 Å². The van der Waals surface area contributed by atoms with Crippen molar-refractivity contribution < 1.29 is 9.53 Å². The molecular weight excluding hydrogens is 264 g/mol. The van der Waals surface area contributed by atoms with Crippen molar-refractivity contribution in [1.82, 2.24) is 10.2 Å². The van der Waals surface area contributed by atoms with Crippen LogP contribution in [0.3, 0.4) is 0 Å². The fourth-order valence-corrected chi connectivity index (χ4v) is 2.82. The molecule has 2 aliphatic rings. The Morgan fingerprint density at radius 2 is 2.00 bits per heavy atom. The minimum absolute atomic E-state index is 0.0966. The number of nitrogens with one attached hydrogen (secondary N) is 1. The third-order valence-corrected chi connectivity index (χ3v) is 4.64. The van der Waals surface area contributed by atoms with E-state index in [4.69, 9.17) is 4.74 Å². The van der Waals surface area contributed by atoms with E-state index < -0.39 is 5.54 Å². The zero-order valence-electron chi connectivity index (χ0n) is 14.0. The molecular formula is C17H32N2O2. The Kier molecular flexibility index (Phi) is 6.06. The van der Waals surface area contributed by atoms with Crippen LogP contribution in [0, 0.1) is 5.92 Å². The number of nitrogens with zero attached hydrogens (tertiary/aromatic N) is 1. The van der Waals surface area contributed by atoms with Crippen LogP contribution < -0.4 is 5.32 Å². The molecule has 21 heavy (non-hydrogen) atoms. The molecule has 0 radical (unpaired) electrons. The summed E-state index contributed by atoms with van der Waals surface area (Å²) in [5, 5.41) is 3.41. The van der Waals surface area contributed by atoms with Gasteiger partial charge in [0.05, 0.1) is 6.61 Å². The zero-order chi connectivity index (χ0) is 15.3. The van der Waals surface area contributed by atoms with Gasteiger partial charge in [-0.05, 0) is 64.8 Å². The molecule has 2 fully saturated rings. The number of carbonyl (C=O) groups excluding carboxylic acids is 1. The van der Waals surface area contributed by atoms with Crippen molar-refractivity contribution in [3.63, 3.8) is 0 Å². The fourth-order valence-electron chi connectivity index (χ4n) is 2.82. The van der Waals surface area contributed by atoms with Crippen LogP contribution in [-0.4, -0.2) is 48.7 Å². The smallest absolute Gasteiger partial charge is 0.326 e. The van der Waals surface area contributed by atoms with Gasteiger partial charge in [-0.15, -0.1) is 0 Å². The number of ether oxygens (including phenoxy) is 1. The molecule has 1 atom stereocenters. The van der Waals surface area contributed by atoms with Crippen molar-refractivity contribution in [2.75, 3.05) is 26.2 Å². The lowest BCUT2D eigenvalue weighted by Crippen LogP contribution is -2.52. The first-order valence-electron chi connectivity index (χ1n) is 8.75. The van der Waals surface area contributed by atoms with Gasteiger partial charge < -0.3 is 15.0 Å². The third-order valence-electron chi connectivity index (χ3n) is 4.64. The number of esters is 1. The van der Waals surface area contributed by atoms with Gasteiger partial charge in [0.1, 0.15) is 5.54 Å². The Balaban J connectivity index is 1.87. The van der Waals surface area contributed by atoms with Crippen LogP contribution in [0.15, 0.2) is 0 Å². The molecule has 0 aromatic carbocycles. The Hall–Kier alpha value is -0.610. The SMILES string of the molecule is CCCNC(C)(CCN(CC1CC1)C1CC1)C(=O)OCC. The van der Waals surface area contributed by atoms with Gasteiger partial charge in [-0.2, -0.15) is 0 Å². The second-order valence-corrected chi connectivity index (χ2v) is 6.90. The van der Waals surface area contributed by atoms with Crippen molar-refractivity contribution in [3.8, 4) is 0 Å². The summed E-state index contributed by atoms with van der Waals surface area (Å²) in [6, 6.07) is 0.781. The van der Waals surface area contributed by atoms with Gasteiger partial charge in [0.25, 0.3) is 0 Å². The summed E-state index contributed by atoms with van der Waals surface area (Å²) >= 11 is 0. The van der Waals surface area contributed by atoms with Gasteiger partial charge in [-0.25, -0.2) is 0 Å². The normalized spacial score (nSPS) is 21.3. The summed E-state index contributed by atoms with van der Waals surface area (Å²) in [7, 11) is 0. The first-order valence-corrected chi connectivity index (χ1v) is 8.75. The standard InChI is InChI=1S/C17H32N2O2/c1-4-11-18-17(3,16(20)21-5-2)10-12-19(15-8-9-15)13-14-6-7-14/h14-15,18H,4-13H2,1-3H3. The molecule has 1 unspecified atom stereocenters. The van der Waals surface area contributed by atoms with Gasteiger partial charge in [0.2, 0.25) is 0 Å². The van der Waals surface area contributed by atoms with E-state index in [1.807, 2.05) is 13.8 Å². The highest BCUT2D eigenvalue weighted by molar-refractivity contribution is 5.80. The van der Waals surface area contributed by atoms with E-state index in [0.29, 0.717) is 6.61 Å². The highest BCUT2D eigenvalue weighted by Gasteiger charge is 2.38. The van der Waals surface area contributed by atoms with Gasteiger partial charge in [-0.1, -0.05) is 6.92 Å². The summed E-state index contributed by atoms with van der Waals surface area (Å²) < 4.78 is 5.29. The molecule has 2 aliphatic carbocycles. The highest BCUT2D eigenvalue weighted by Crippen LogP contribution is 2.35. The Bertz CT molecular complexity index is 340. The van der Waals surface area contributed by atoms with E-state index in [2.05, 4.69) is 17.1 Å². The second-order valence-electron chi connectivity index (χ2n) is 6.90. The molecule has 0 aromatic heterocycles. The van der Waals surface area contributed by atoms with Crippen LogP contribution in [0.4, 0.5) is 0 Å². The maximum absolute atomic E-state index is 12.3. The molecule has 0 saturated heterocycles. The van der Waals surface area contributed by atoms with E-state index in [1.54, 1.807) is 0 Å². The second kappa shape index (κ2) is 7.59. The molecule has 4 heteroatoms. The summed E-state index contributed by atoms with van der Waals surface area (Å²) in [4.78, 5) is 14.9. The topological polar surface area (TPSA) is 41.6 Å². The summed E-state index contributed by atoms with van der Waals surface area (Å²) in [6.07, 6.45) is 7.34. The molecule has 0 heterocycles. The fraction of sp³-hybridized carbons (Fsp3) is 0.941.